The lowest BCUT2D eigenvalue weighted by Crippen LogP contribution is -2.02. The quantitative estimate of drug-likeness (QED) is 0.685. The average Bonchev–Trinajstić information content (AvgIpc) is 2.40. The van der Waals surface area contributed by atoms with Gasteiger partial charge in [0.25, 0.3) is 5.88 Å². The number of pyridine rings is 1. The number of ether oxygens (including phenoxy) is 1. The minimum atomic E-state index is -1.18. The van der Waals surface area contributed by atoms with Crippen LogP contribution in [0.25, 0.3) is 0 Å². The Morgan fingerprint density at radius 3 is 2.62 bits per heavy atom. The van der Waals surface area contributed by atoms with E-state index in [9.17, 15) is 14.9 Å². The number of benzene rings is 1. The van der Waals surface area contributed by atoms with E-state index in [0.717, 1.165) is 5.56 Å². The van der Waals surface area contributed by atoms with Gasteiger partial charge in [-0.15, -0.1) is 0 Å². The van der Waals surface area contributed by atoms with Gasteiger partial charge in [0.1, 0.15) is 11.3 Å². The van der Waals surface area contributed by atoms with Gasteiger partial charge in [-0.25, -0.2) is 9.78 Å². The number of hydrogen-bond acceptors (Lipinski definition) is 5. The van der Waals surface area contributed by atoms with Gasteiger partial charge >= 0.3 is 11.7 Å². The normalized spacial score (nSPS) is 10.2. The van der Waals surface area contributed by atoms with Crippen molar-refractivity contribution >= 4 is 11.7 Å². The molecule has 0 aliphatic heterocycles. The number of nitrogens with zero attached hydrogens (tertiary/aromatic N) is 2. The number of carboxylic acid groups (broad SMARTS) is 1. The number of carboxylic acids is 1. The van der Waals surface area contributed by atoms with E-state index in [1.807, 2.05) is 0 Å². The van der Waals surface area contributed by atoms with Gasteiger partial charge in [0.2, 0.25) is 0 Å². The first-order chi connectivity index (χ1) is 9.88. The van der Waals surface area contributed by atoms with Gasteiger partial charge in [-0.3, -0.25) is 10.1 Å². The van der Waals surface area contributed by atoms with E-state index in [1.54, 1.807) is 19.9 Å². The smallest absolute Gasteiger partial charge is 0.339 e. The highest BCUT2D eigenvalue weighted by Gasteiger charge is 2.20. The summed E-state index contributed by atoms with van der Waals surface area (Å²) in [6.07, 6.45) is 1.42. The molecule has 0 fully saturated rings. The monoisotopic (exact) mass is 288 g/mol. The van der Waals surface area contributed by atoms with Crippen LogP contribution in [-0.2, 0) is 0 Å². The molecule has 21 heavy (non-hydrogen) atoms. The summed E-state index contributed by atoms with van der Waals surface area (Å²) in [4.78, 5) is 25.4. The minimum Gasteiger partial charge on any atom is -0.478 e. The number of nitro groups is 1. The third kappa shape index (κ3) is 3.14. The minimum absolute atomic E-state index is 0.0157. The summed E-state index contributed by atoms with van der Waals surface area (Å²) < 4.78 is 5.37. The van der Waals surface area contributed by atoms with E-state index in [-0.39, 0.29) is 22.9 Å². The average molecular weight is 288 g/mol. The van der Waals surface area contributed by atoms with E-state index < -0.39 is 10.9 Å². The van der Waals surface area contributed by atoms with Crippen molar-refractivity contribution in [3.8, 4) is 11.6 Å². The molecule has 2 aromatic rings. The number of aryl methyl sites for hydroxylation is 2. The molecule has 0 radical (unpaired) electrons. The highest BCUT2D eigenvalue weighted by atomic mass is 16.6. The number of rotatable bonds is 4. The highest BCUT2D eigenvalue weighted by Crippen LogP contribution is 2.32. The first-order valence-corrected chi connectivity index (χ1v) is 6.01. The second kappa shape index (κ2) is 5.58. The fourth-order valence-corrected chi connectivity index (χ4v) is 1.75. The second-order valence-corrected chi connectivity index (χ2v) is 4.50. The van der Waals surface area contributed by atoms with Gasteiger partial charge in [0.15, 0.2) is 0 Å². The number of carbonyl (C=O) groups is 1. The Morgan fingerprint density at radius 1 is 1.29 bits per heavy atom. The van der Waals surface area contributed by atoms with Crippen LogP contribution >= 0.6 is 0 Å². The van der Waals surface area contributed by atoms with Crippen molar-refractivity contribution in [1.29, 1.82) is 0 Å². The molecule has 108 valence electrons. The second-order valence-electron chi connectivity index (χ2n) is 4.50. The van der Waals surface area contributed by atoms with E-state index in [2.05, 4.69) is 4.98 Å². The topological polar surface area (TPSA) is 103 Å². The van der Waals surface area contributed by atoms with Gasteiger partial charge < -0.3 is 9.84 Å². The lowest BCUT2D eigenvalue weighted by Gasteiger charge is -2.09. The van der Waals surface area contributed by atoms with Crippen LogP contribution in [0.15, 0.2) is 30.5 Å². The Hall–Kier alpha value is -2.96. The maximum atomic E-state index is 11.2. The molecule has 7 heteroatoms. The van der Waals surface area contributed by atoms with Crippen LogP contribution in [0.1, 0.15) is 21.5 Å². The molecule has 0 saturated heterocycles. The molecule has 0 atom stereocenters. The first-order valence-electron chi connectivity index (χ1n) is 6.01. The molecule has 0 aliphatic carbocycles. The van der Waals surface area contributed by atoms with Crippen LogP contribution < -0.4 is 4.74 Å². The summed E-state index contributed by atoms with van der Waals surface area (Å²) in [6.45, 7) is 3.43. The summed E-state index contributed by atoms with van der Waals surface area (Å²) in [5.74, 6) is -1.40. The van der Waals surface area contributed by atoms with Crippen molar-refractivity contribution in [3.05, 3.63) is 57.3 Å². The predicted octanol–water partition coefficient (Wildman–Crippen LogP) is 3.10. The molecule has 0 aliphatic rings. The Bertz CT molecular complexity index is 727. The van der Waals surface area contributed by atoms with Crippen molar-refractivity contribution in [2.45, 2.75) is 13.8 Å². The summed E-state index contributed by atoms with van der Waals surface area (Å²) in [5.41, 5.74) is 0.978. The number of hydrogen-bond donors (Lipinski definition) is 1. The number of aromatic carboxylic acids is 1. The Kier molecular flexibility index (Phi) is 3.84. The summed E-state index contributed by atoms with van der Waals surface area (Å²) in [7, 11) is 0. The fourth-order valence-electron chi connectivity index (χ4n) is 1.75. The Balaban J connectivity index is 2.50. The standard InChI is InChI=1S/C14H12N2O5/c1-8-3-4-10(14(17)18)12(6-8)21-13-11(16(19)20)5-9(2)7-15-13/h3-7H,1-2H3,(H,17,18). The summed E-state index contributed by atoms with van der Waals surface area (Å²) in [6, 6.07) is 5.81. The largest absolute Gasteiger partial charge is 0.478 e. The van der Waals surface area contributed by atoms with Gasteiger partial charge in [0.05, 0.1) is 4.92 Å². The maximum absolute atomic E-state index is 11.2. The SMILES string of the molecule is Cc1ccc(C(=O)O)c(Oc2ncc(C)cc2[N+](=O)[O-])c1. The van der Waals surface area contributed by atoms with E-state index >= 15 is 0 Å². The molecule has 0 bridgehead atoms. The molecule has 1 N–H and O–H groups in total. The molecule has 0 spiro atoms. The fraction of sp³-hybridized carbons (Fsp3) is 0.143. The van der Waals surface area contributed by atoms with Crippen molar-refractivity contribution < 1.29 is 19.6 Å². The van der Waals surface area contributed by atoms with Crippen molar-refractivity contribution in [2.75, 3.05) is 0 Å². The van der Waals surface area contributed by atoms with Gasteiger partial charge in [-0.2, -0.15) is 0 Å². The lowest BCUT2D eigenvalue weighted by molar-refractivity contribution is -0.386. The van der Waals surface area contributed by atoms with E-state index in [4.69, 9.17) is 9.84 Å². The van der Waals surface area contributed by atoms with Gasteiger partial charge in [-0.05, 0) is 37.1 Å². The summed E-state index contributed by atoms with van der Waals surface area (Å²) in [5, 5.41) is 20.1. The van der Waals surface area contributed by atoms with Gasteiger partial charge in [0, 0.05) is 12.3 Å². The van der Waals surface area contributed by atoms with Gasteiger partial charge in [-0.1, -0.05) is 6.07 Å². The zero-order valence-electron chi connectivity index (χ0n) is 11.4. The lowest BCUT2D eigenvalue weighted by atomic mass is 10.1. The predicted molar refractivity (Wildman–Crippen MR) is 73.8 cm³/mol. The molecule has 1 heterocycles. The van der Waals surface area contributed by atoms with Crippen molar-refractivity contribution in [1.82, 2.24) is 4.98 Å². The third-order valence-corrected chi connectivity index (χ3v) is 2.74. The van der Waals surface area contributed by atoms with Crippen LogP contribution in [0.3, 0.4) is 0 Å². The molecule has 1 aromatic carbocycles. The molecule has 1 aromatic heterocycles. The van der Waals surface area contributed by atoms with Crippen LogP contribution in [-0.4, -0.2) is 21.0 Å². The highest BCUT2D eigenvalue weighted by molar-refractivity contribution is 5.91. The summed E-state index contributed by atoms with van der Waals surface area (Å²) >= 11 is 0. The zero-order chi connectivity index (χ0) is 15.6. The van der Waals surface area contributed by atoms with Crippen LogP contribution in [0.4, 0.5) is 5.69 Å². The van der Waals surface area contributed by atoms with Crippen molar-refractivity contribution in [3.63, 3.8) is 0 Å². The van der Waals surface area contributed by atoms with Crippen LogP contribution in [0, 0.1) is 24.0 Å². The van der Waals surface area contributed by atoms with Crippen molar-refractivity contribution in [2.24, 2.45) is 0 Å². The van der Waals surface area contributed by atoms with Crippen LogP contribution in [0.5, 0.6) is 11.6 Å². The third-order valence-electron chi connectivity index (χ3n) is 2.74. The Morgan fingerprint density at radius 2 is 2.00 bits per heavy atom. The first kappa shape index (κ1) is 14.4. The molecule has 2 rings (SSSR count). The maximum Gasteiger partial charge on any atom is 0.339 e. The molecular weight excluding hydrogens is 276 g/mol. The molecule has 0 saturated carbocycles. The zero-order valence-corrected chi connectivity index (χ0v) is 11.4. The van der Waals surface area contributed by atoms with E-state index in [1.165, 1.54) is 24.4 Å². The van der Waals surface area contributed by atoms with Crippen LogP contribution in [0.2, 0.25) is 0 Å². The molecular formula is C14H12N2O5. The van der Waals surface area contributed by atoms with E-state index in [0.29, 0.717) is 5.56 Å². The molecule has 7 nitrogen and oxygen atoms in total. The molecule has 0 unspecified atom stereocenters. The molecule has 0 amide bonds. The number of aromatic nitrogens is 1. The Labute approximate surface area is 120 Å².